The fraction of sp³-hybridized carbons (Fsp3) is 0.627. The number of likely N-dealkylation sites (tertiary alicyclic amines) is 1. The Hall–Kier alpha value is -5.95. The second-order valence-corrected chi connectivity index (χ2v) is 22.2. The number of anilines is 1. The Morgan fingerprint density at radius 3 is 2.18 bits per heavy atom. The molecular weight excluding hydrogens is 1040 g/mol. The van der Waals surface area contributed by atoms with Crippen molar-refractivity contribution in [2.75, 3.05) is 25.5 Å². The highest BCUT2D eigenvalue weighted by Gasteiger charge is 2.38. The molecule has 10 N–H and O–H groups in total. The minimum atomic E-state index is -1.11. The van der Waals surface area contributed by atoms with Crippen molar-refractivity contribution >= 4 is 98.9 Å². The molecule has 25 heteroatoms. The van der Waals surface area contributed by atoms with Gasteiger partial charge in [-0.3, -0.25) is 43.3 Å². The fourth-order valence-electron chi connectivity index (χ4n) is 8.13. The van der Waals surface area contributed by atoms with Gasteiger partial charge in [-0.15, -0.1) is 23.0 Å². The largest absolute Gasteiger partial charge is 0.481 e. The van der Waals surface area contributed by atoms with Crippen LogP contribution < -0.4 is 43.0 Å². The number of unbranched alkanes of at least 4 members (excludes halogenated alkanes) is 2. The molecule has 3 unspecified atom stereocenters. The molecule has 2 aromatic rings. The molecule has 76 heavy (non-hydrogen) atoms. The van der Waals surface area contributed by atoms with Crippen molar-refractivity contribution in [2.45, 2.75) is 161 Å². The van der Waals surface area contributed by atoms with E-state index in [1.165, 1.54) is 24.3 Å². The number of nitrogens with zero attached hydrogens (tertiary/aromatic N) is 2. The number of carboxylic acids is 1. The lowest BCUT2D eigenvalue weighted by Crippen LogP contribution is -2.54. The monoisotopic (exact) mass is 1120 g/mol. The van der Waals surface area contributed by atoms with Crippen LogP contribution in [0.1, 0.15) is 146 Å². The highest BCUT2D eigenvalue weighted by Crippen LogP contribution is 2.30. The van der Waals surface area contributed by atoms with E-state index >= 15 is 0 Å². The van der Waals surface area contributed by atoms with Crippen molar-refractivity contribution in [1.82, 2.24) is 41.8 Å². The lowest BCUT2D eigenvalue weighted by Gasteiger charge is -2.27. The summed E-state index contributed by atoms with van der Waals surface area (Å²) in [6.45, 7) is 13.3. The number of nitrogens with two attached hydrogens (primary N) is 1. The maximum Gasteiger partial charge on any atom is 0.407 e. The third-order valence-electron chi connectivity index (χ3n) is 12.9. The molecule has 1 saturated heterocycles. The van der Waals surface area contributed by atoms with Crippen LogP contribution in [0.4, 0.5) is 15.3 Å². The number of thiazole rings is 1. The van der Waals surface area contributed by atoms with E-state index in [1.54, 1.807) is 38.1 Å². The number of hydrogen-bond donors (Lipinski definition) is 10. The number of ether oxygens (including phenoxy) is 1. The van der Waals surface area contributed by atoms with E-state index in [4.69, 9.17) is 10.5 Å². The number of rotatable bonds is 33. The van der Waals surface area contributed by atoms with Crippen LogP contribution in [0.25, 0.3) is 0 Å². The van der Waals surface area contributed by atoms with Crippen LogP contribution in [0.5, 0.6) is 0 Å². The molecule has 1 aliphatic heterocycles. The van der Waals surface area contributed by atoms with E-state index < -0.39 is 71.2 Å². The number of primary amides is 1. The molecule has 2 heterocycles. The first-order chi connectivity index (χ1) is 36.0. The molecule has 0 saturated carbocycles. The van der Waals surface area contributed by atoms with Gasteiger partial charge in [0.2, 0.25) is 35.4 Å². The van der Waals surface area contributed by atoms with Crippen LogP contribution in [0.2, 0.25) is 0 Å². The lowest BCUT2D eigenvalue weighted by molar-refractivity contribution is -0.142. The molecule has 3 rings (SSSR count). The van der Waals surface area contributed by atoms with Gasteiger partial charge < -0.3 is 52.8 Å². The number of alkyl carbamates (subject to hydrolysis) is 1. The third-order valence-corrected chi connectivity index (χ3v) is 15.2. The first-order valence-electron chi connectivity index (χ1n) is 25.8. The second-order valence-electron chi connectivity index (χ2n) is 19.9. The van der Waals surface area contributed by atoms with Gasteiger partial charge in [0.05, 0.1) is 5.92 Å². The van der Waals surface area contributed by atoms with Crippen LogP contribution in [-0.2, 0) is 44.7 Å². The van der Waals surface area contributed by atoms with E-state index in [2.05, 4.69) is 53.9 Å². The Balaban J connectivity index is 1.71. The van der Waals surface area contributed by atoms with Gasteiger partial charge in [0, 0.05) is 69.0 Å². The van der Waals surface area contributed by atoms with E-state index in [-0.39, 0.29) is 111 Å². The summed E-state index contributed by atoms with van der Waals surface area (Å²) in [6, 6.07) is 2.70. The van der Waals surface area contributed by atoms with Gasteiger partial charge in [0.15, 0.2) is 6.10 Å². The Labute approximate surface area is 458 Å². The average Bonchev–Trinajstić information content (AvgIpc) is 3.97. The van der Waals surface area contributed by atoms with Crippen molar-refractivity contribution in [2.24, 2.45) is 29.4 Å². The minimum Gasteiger partial charge on any atom is -0.481 e. The van der Waals surface area contributed by atoms with E-state index in [0.29, 0.717) is 41.9 Å². The smallest absolute Gasteiger partial charge is 0.407 e. The molecule has 0 radical (unpaired) electrons. The number of hydrogen-bond acceptors (Lipinski definition) is 15. The van der Waals surface area contributed by atoms with Crippen molar-refractivity contribution in [3.05, 3.63) is 45.9 Å². The summed E-state index contributed by atoms with van der Waals surface area (Å²) in [5.74, 6) is -4.91. The highest BCUT2D eigenvalue weighted by molar-refractivity contribution is 8.69. The maximum atomic E-state index is 13.8. The molecule has 22 nitrogen and oxygen atoms in total. The normalized spacial score (nSPS) is 16.1. The molecule has 1 aromatic heterocycles. The van der Waals surface area contributed by atoms with E-state index in [1.807, 2.05) is 27.7 Å². The zero-order chi connectivity index (χ0) is 56.6. The number of urea groups is 1. The molecule has 0 aliphatic carbocycles. The molecule has 422 valence electrons. The Morgan fingerprint density at radius 2 is 1.59 bits per heavy atom. The highest BCUT2D eigenvalue weighted by atomic mass is 33.1. The van der Waals surface area contributed by atoms with Crippen molar-refractivity contribution in [3.63, 3.8) is 0 Å². The number of imide groups is 1. The predicted octanol–water partition coefficient (Wildman–Crippen LogP) is 5.24. The van der Waals surface area contributed by atoms with Gasteiger partial charge in [-0.25, -0.2) is 14.6 Å². The molecule has 10 amide bonds. The van der Waals surface area contributed by atoms with Gasteiger partial charge in [-0.05, 0) is 74.0 Å². The number of benzene rings is 1. The van der Waals surface area contributed by atoms with E-state index in [0.717, 1.165) is 28.6 Å². The summed E-state index contributed by atoms with van der Waals surface area (Å²) < 4.78 is 5.70. The van der Waals surface area contributed by atoms with Crippen LogP contribution in [0.15, 0.2) is 29.6 Å². The van der Waals surface area contributed by atoms with Crippen molar-refractivity contribution < 1.29 is 57.8 Å². The zero-order valence-electron chi connectivity index (χ0n) is 44.7. The number of aliphatic carboxylic acids is 1. The van der Waals surface area contributed by atoms with Crippen LogP contribution in [0.3, 0.4) is 0 Å². The number of thiol groups is 1. The van der Waals surface area contributed by atoms with Crippen molar-refractivity contribution in [3.8, 4) is 0 Å². The number of carbonyl (C=O) groups is 10. The molecule has 8 atom stereocenters. The predicted molar refractivity (Wildman–Crippen MR) is 293 cm³/mol. The average molecular weight is 1120 g/mol. The van der Waals surface area contributed by atoms with Crippen LogP contribution in [-0.4, -0.2) is 124 Å². The first kappa shape index (κ1) is 64.3. The Bertz CT molecular complexity index is 2300. The second kappa shape index (κ2) is 32.6. The van der Waals surface area contributed by atoms with Gasteiger partial charge in [0.1, 0.15) is 28.0 Å². The third kappa shape index (κ3) is 22.0. The van der Waals surface area contributed by atoms with Crippen molar-refractivity contribution in [1.29, 1.82) is 0 Å². The molecule has 1 aliphatic rings. The molecule has 0 spiro atoms. The quantitative estimate of drug-likeness (QED) is 0.0189. The number of aromatic nitrogens is 1. The SMILES string of the molecule is CC[C@H](C)CC(=O)NC(C[C@@H](OC(=O)NC)c1nc(C(=O)N[C@@H](Cc2ccc(NC(=O)[C@H](CCCNC(N)=O)NC(=O)C(NC(=O)CCCCCN3C(=O)CC(SS)C3=O)C(C)C)cc2)C[C@H](C)C(=O)O)cs1)C(C)C. The Kier molecular flexibility index (Phi) is 27.6. The molecule has 0 bridgehead atoms. The zero-order valence-corrected chi connectivity index (χ0v) is 47.3. The summed E-state index contributed by atoms with van der Waals surface area (Å²) in [5, 5.41) is 30.4. The fourth-order valence-corrected chi connectivity index (χ4v) is 9.90. The van der Waals surface area contributed by atoms with Gasteiger partial charge in [-0.2, -0.15) is 0 Å². The number of carbonyl (C=O) groups excluding carboxylic acids is 9. The number of carboxylic acid groups (broad SMARTS) is 1. The van der Waals surface area contributed by atoms with Gasteiger partial charge in [0.25, 0.3) is 5.91 Å². The molecule has 1 fully saturated rings. The Morgan fingerprint density at radius 1 is 0.895 bits per heavy atom. The van der Waals surface area contributed by atoms with Gasteiger partial charge in [-0.1, -0.05) is 84.2 Å². The maximum absolute atomic E-state index is 13.8. The minimum absolute atomic E-state index is 0.0230. The number of nitrogens with one attached hydrogen (secondary N) is 7. The number of amides is 10. The summed E-state index contributed by atoms with van der Waals surface area (Å²) >= 11 is 5.17. The standard InChI is InChI=1S/C51H78N10O12S3/c1-9-30(6)22-41(63)57-36(28(2)3)25-38(73-51(72)53-8)47-59-37(27-75-47)45(66)56-34(23-31(7)49(69)70)24-32-16-18-33(19-17-32)55-44(65)35(14-13-20-54-50(52)71)58-46(67)43(29(4)5)60-40(62)15-11-10-12-21-61-42(64)26-39(76-74)48(61)68/h16-19,27-31,34-36,38-39,43,74H,9-15,20-26H2,1-8H3,(H,53,72)(H,55,65)(H,56,66)(H,57,63)(H,58,67)(H,60,62)(H,69,70)(H3,52,54,71)/t30-,31-,34+,35-,36?,38+,39?,43?/m0/s1. The molecular formula is C51H78N10O12S3. The van der Waals surface area contributed by atoms with Crippen LogP contribution >= 0.6 is 33.8 Å². The summed E-state index contributed by atoms with van der Waals surface area (Å²) in [6.07, 6.45) is 2.06. The summed E-state index contributed by atoms with van der Waals surface area (Å²) in [4.78, 5) is 133. The van der Waals surface area contributed by atoms with Crippen LogP contribution in [0, 0.1) is 23.7 Å². The summed E-state index contributed by atoms with van der Waals surface area (Å²) in [5.41, 5.74) is 6.29. The molecule has 1 aromatic carbocycles. The van der Waals surface area contributed by atoms with Gasteiger partial charge >= 0.3 is 18.1 Å². The topological polar surface area (TPSA) is 327 Å². The van der Waals surface area contributed by atoms with E-state index in [9.17, 15) is 53.1 Å². The summed E-state index contributed by atoms with van der Waals surface area (Å²) in [7, 11) is 2.46. The first-order valence-corrected chi connectivity index (χ1v) is 28.6. The lowest BCUT2D eigenvalue weighted by atomic mass is 9.96.